The average Bonchev–Trinajstić information content (AvgIpc) is 2.61. The van der Waals surface area contributed by atoms with E-state index in [0.29, 0.717) is 17.0 Å². The molecule has 0 atom stereocenters. The fraction of sp³-hybridized carbons (Fsp3) is 0.222. The van der Waals surface area contributed by atoms with Crippen LogP contribution in [0.2, 0.25) is 0 Å². The van der Waals surface area contributed by atoms with Gasteiger partial charge in [0.2, 0.25) is 0 Å². The second-order valence-corrected chi connectivity index (χ2v) is 6.12. The van der Waals surface area contributed by atoms with E-state index in [-0.39, 0.29) is 22.7 Å². The summed E-state index contributed by atoms with van der Waals surface area (Å²) in [5.41, 5.74) is 0.609. The number of carbonyl (C=O) groups excluding carboxylic acids is 1. The molecule has 0 spiro atoms. The fourth-order valence-electron chi connectivity index (χ4n) is 2.23. The molecule has 0 saturated heterocycles. The van der Waals surface area contributed by atoms with E-state index in [1.807, 2.05) is 13.8 Å². The van der Waals surface area contributed by atoms with Crippen LogP contribution in [-0.4, -0.2) is 29.2 Å². The molecule has 0 unspecified atom stereocenters. The monoisotopic (exact) mass is 389 g/mol. The van der Waals surface area contributed by atoms with Crippen LogP contribution in [0.25, 0.3) is 0 Å². The Morgan fingerprint density at radius 1 is 1.19 bits per heavy atom. The average molecular weight is 389 g/mol. The number of nitro benzene ring substituents is 1. The van der Waals surface area contributed by atoms with Gasteiger partial charge in [0.1, 0.15) is 11.5 Å². The smallest absolute Gasteiger partial charge is 0.273 e. The van der Waals surface area contributed by atoms with Crippen LogP contribution in [0.4, 0.5) is 11.4 Å². The number of hydrogen-bond acceptors (Lipinski definition) is 6. The zero-order chi connectivity index (χ0) is 20.0. The SMILES string of the molecule is COc1cc([N+](=O)[O-])ccc1NC(=S)NC(=O)c1ccccc1OC(C)C. The third-order valence-electron chi connectivity index (χ3n) is 3.37. The normalized spacial score (nSPS) is 10.2. The van der Waals surface area contributed by atoms with Gasteiger partial charge in [-0.3, -0.25) is 20.2 Å². The molecule has 2 aromatic rings. The summed E-state index contributed by atoms with van der Waals surface area (Å²) in [7, 11) is 1.38. The van der Waals surface area contributed by atoms with Gasteiger partial charge in [-0.25, -0.2) is 0 Å². The molecule has 2 rings (SSSR count). The van der Waals surface area contributed by atoms with Crippen molar-refractivity contribution in [2.75, 3.05) is 12.4 Å². The Labute approximate surface area is 161 Å². The van der Waals surface area contributed by atoms with Gasteiger partial charge < -0.3 is 14.8 Å². The van der Waals surface area contributed by atoms with Crippen molar-refractivity contribution in [1.29, 1.82) is 0 Å². The van der Waals surface area contributed by atoms with E-state index in [1.165, 1.54) is 25.3 Å². The number of carbonyl (C=O) groups is 1. The molecule has 0 bridgehead atoms. The van der Waals surface area contributed by atoms with Crippen LogP contribution >= 0.6 is 12.2 Å². The third kappa shape index (κ3) is 5.38. The zero-order valence-corrected chi connectivity index (χ0v) is 15.8. The highest BCUT2D eigenvalue weighted by Crippen LogP contribution is 2.29. The maximum Gasteiger partial charge on any atom is 0.273 e. The van der Waals surface area contributed by atoms with Gasteiger partial charge in [0.15, 0.2) is 5.11 Å². The highest BCUT2D eigenvalue weighted by atomic mass is 32.1. The molecule has 1 amide bonds. The number of para-hydroxylation sites is 1. The first-order valence-electron chi connectivity index (χ1n) is 8.02. The Hall–Kier alpha value is -3.20. The van der Waals surface area contributed by atoms with E-state index in [4.69, 9.17) is 21.7 Å². The number of amides is 1. The van der Waals surface area contributed by atoms with Crippen LogP contribution in [0.15, 0.2) is 42.5 Å². The highest BCUT2D eigenvalue weighted by molar-refractivity contribution is 7.80. The van der Waals surface area contributed by atoms with Crippen molar-refractivity contribution in [3.8, 4) is 11.5 Å². The molecule has 2 aromatic carbocycles. The predicted molar refractivity (Wildman–Crippen MR) is 106 cm³/mol. The summed E-state index contributed by atoms with van der Waals surface area (Å²) in [6, 6.07) is 10.8. The summed E-state index contributed by atoms with van der Waals surface area (Å²) < 4.78 is 10.8. The molecule has 0 saturated carbocycles. The van der Waals surface area contributed by atoms with Crippen molar-refractivity contribution >= 4 is 34.6 Å². The molecule has 142 valence electrons. The second-order valence-electron chi connectivity index (χ2n) is 5.71. The van der Waals surface area contributed by atoms with E-state index in [2.05, 4.69) is 10.6 Å². The van der Waals surface area contributed by atoms with Gasteiger partial charge in [-0.15, -0.1) is 0 Å². The third-order valence-corrected chi connectivity index (χ3v) is 3.57. The van der Waals surface area contributed by atoms with Crippen molar-refractivity contribution in [2.45, 2.75) is 20.0 Å². The Morgan fingerprint density at radius 3 is 2.52 bits per heavy atom. The number of anilines is 1. The van der Waals surface area contributed by atoms with Gasteiger partial charge >= 0.3 is 0 Å². The molecule has 0 aromatic heterocycles. The van der Waals surface area contributed by atoms with Gasteiger partial charge in [-0.1, -0.05) is 12.1 Å². The quantitative estimate of drug-likeness (QED) is 0.443. The van der Waals surface area contributed by atoms with E-state index >= 15 is 0 Å². The maximum absolute atomic E-state index is 12.5. The van der Waals surface area contributed by atoms with Gasteiger partial charge in [0, 0.05) is 6.07 Å². The Morgan fingerprint density at radius 2 is 1.89 bits per heavy atom. The van der Waals surface area contributed by atoms with E-state index in [1.54, 1.807) is 24.3 Å². The molecule has 0 heterocycles. The Balaban J connectivity index is 2.12. The second kappa shape index (κ2) is 8.95. The molecule has 0 aliphatic heterocycles. The summed E-state index contributed by atoms with van der Waals surface area (Å²) in [4.78, 5) is 22.8. The number of nitrogens with zero attached hydrogens (tertiary/aromatic N) is 1. The number of benzene rings is 2. The Kier molecular flexibility index (Phi) is 6.67. The first kappa shape index (κ1) is 20.1. The first-order valence-corrected chi connectivity index (χ1v) is 8.43. The molecular weight excluding hydrogens is 370 g/mol. The number of rotatable bonds is 6. The summed E-state index contributed by atoms with van der Waals surface area (Å²) in [6.45, 7) is 3.73. The molecule has 0 aliphatic rings. The topological polar surface area (TPSA) is 103 Å². The van der Waals surface area contributed by atoms with Crippen LogP contribution in [0.1, 0.15) is 24.2 Å². The highest BCUT2D eigenvalue weighted by Gasteiger charge is 2.16. The summed E-state index contributed by atoms with van der Waals surface area (Å²) in [5, 5.41) is 16.2. The minimum atomic E-state index is -0.530. The molecule has 2 N–H and O–H groups in total. The Bertz CT molecular complexity index is 870. The minimum absolute atomic E-state index is 0.0199. The standard InChI is InChI=1S/C18H19N3O5S/c1-11(2)26-15-7-5-4-6-13(15)17(22)20-18(27)19-14-9-8-12(21(23)24)10-16(14)25-3/h4-11H,1-3H3,(H2,19,20,22,27). The van der Waals surface area contributed by atoms with Crippen LogP contribution < -0.4 is 20.1 Å². The van der Waals surface area contributed by atoms with Crippen molar-refractivity contribution in [3.63, 3.8) is 0 Å². The van der Waals surface area contributed by atoms with E-state index in [9.17, 15) is 14.9 Å². The lowest BCUT2D eigenvalue weighted by atomic mass is 10.2. The molecule has 0 aliphatic carbocycles. The van der Waals surface area contributed by atoms with Gasteiger partial charge in [-0.2, -0.15) is 0 Å². The number of ether oxygens (including phenoxy) is 2. The minimum Gasteiger partial charge on any atom is -0.494 e. The summed E-state index contributed by atoms with van der Waals surface area (Å²) in [5.74, 6) is 0.231. The fourth-order valence-corrected chi connectivity index (χ4v) is 2.43. The van der Waals surface area contributed by atoms with Gasteiger partial charge in [0.05, 0.1) is 35.5 Å². The van der Waals surface area contributed by atoms with Crippen LogP contribution in [0.3, 0.4) is 0 Å². The lowest BCUT2D eigenvalue weighted by Gasteiger charge is -2.15. The maximum atomic E-state index is 12.5. The number of non-ortho nitro benzene ring substituents is 1. The summed E-state index contributed by atoms with van der Waals surface area (Å²) >= 11 is 5.16. The molecule has 8 nitrogen and oxygen atoms in total. The van der Waals surface area contributed by atoms with Crippen LogP contribution in [0.5, 0.6) is 11.5 Å². The van der Waals surface area contributed by atoms with Gasteiger partial charge in [0.25, 0.3) is 11.6 Å². The number of thiocarbonyl (C=S) groups is 1. The molecule has 27 heavy (non-hydrogen) atoms. The lowest BCUT2D eigenvalue weighted by Crippen LogP contribution is -2.34. The molecular formula is C18H19N3O5S. The number of nitro groups is 1. The molecule has 9 heteroatoms. The summed E-state index contributed by atoms with van der Waals surface area (Å²) in [6.07, 6.45) is -0.0894. The number of hydrogen-bond donors (Lipinski definition) is 2. The van der Waals surface area contributed by atoms with E-state index < -0.39 is 10.8 Å². The zero-order valence-electron chi connectivity index (χ0n) is 15.0. The molecule has 0 radical (unpaired) electrons. The molecule has 0 fully saturated rings. The van der Waals surface area contributed by atoms with E-state index in [0.717, 1.165) is 0 Å². The van der Waals surface area contributed by atoms with Crippen molar-refractivity contribution in [3.05, 3.63) is 58.1 Å². The van der Waals surface area contributed by atoms with Crippen LogP contribution in [0, 0.1) is 10.1 Å². The van der Waals surface area contributed by atoms with Crippen molar-refractivity contribution in [1.82, 2.24) is 5.32 Å². The van der Waals surface area contributed by atoms with Crippen molar-refractivity contribution < 1.29 is 19.2 Å². The van der Waals surface area contributed by atoms with Crippen LogP contribution in [-0.2, 0) is 0 Å². The predicted octanol–water partition coefficient (Wildman–Crippen LogP) is 3.52. The first-order chi connectivity index (χ1) is 12.8. The number of methoxy groups -OCH3 is 1. The number of nitrogens with one attached hydrogen (secondary N) is 2. The van der Waals surface area contributed by atoms with Gasteiger partial charge in [-0.05, 0) is 44.3 Å². The van der Waals surface area contributed by atoms with Crippen molar-refractivity contribution in [2.24, 2.45) is 0 Å². The lowest BCUT2D eigenvalue weighted by molar-refractivity contribution is -0.384. The largest absolute Gasteiger partial charge is 0.494 e.